The van der Waals surface area contributed by atoms with Crippen molar-refractivity contribution in [2.24, 2.45) is 0 Å². The first-order chi connectivity index (χ1) is 18.8. The number of aromatic nitrogens is 1. The van der Waals surface area contributed by atoms with Crippen LogP contribution in [0.1, 0.15) is 0 Å². The molecule has 0 atom stereocenters. The Morgan fingerprint density at radius 1 is 0.447 bits per heavy atom. The van der Waals surface area contributed by atoms with Crippen LogP contribution in [-0.2, 0) is 0 Å². The minimum atomic E-state index is 1.13. The maximum atomic E-state index is 4.29. The zero-order valence-corrected chi connectivity index (χ0v) is 21.5. The van der Waals surface area contributed by atoms with E-state index in [9.17, 15) is 0 Å². The molecule has 5 aromatic carbocycles. The van der Waals surface area contributed by atoms with E-state index in [4.69, 9.17) is 0 Å². The molecule has 38 heavy (non-hydrogen) atoms. The maximum Gasteiger partial charge on any atom is 0.0538 e. The monoisotopic (exact) mass is 504 g/mol. The molecular weight excluding hydrogens is 480 g/mol. The van der Waals surface area contributed by atoms with Crippen molar-refractivity contribution in [1.82, 2.24) is 4.98 Å². The lowest BCUT2D eigenvalue weighted by atomic mass is 10.0. The summed E-state index contributed by atoms with van der Waals surface area (Å²) in [6.45, 7) is 0. The fourth-order valence-electron chi connectivity index (χ4n) is 5.07. The topological polar surface area (TPSA) is 16.1 Å². The zero-order chi connectivity index (χ0) is 25.3. The quantitative estimate of drug-likeness (QED) is 0.232. The zero-order valence-electron chi connectivity index (χ0n) is 20.7. The van der Waals surface area contributed by atoms with Gasteiger partial charge in [0.1, 0.15) is 0 Å². The third kappa shape index (κ3) is 4.13. The Kier molecular flexibility index (Phi) is 5.69. The van der Waals surface area contributed by atoms with Gasteiger partial charge in [-0.05, 0) is 70.8 Å². The molecular formula is C35H24N2S. The average Bonchev–Trinajstić information content (AvgIpc) is 3.37. The lowest BCUT2D eigenvalue weighted by Crippen LogP contribution is -2.09. The SMILES string of the molecule is c1ccc(-c2ccc(N(c3ccccc3)c3ccc(-c4ccc5c(c4)sc4cnccc45)cc3)cc2)cc1. The molecule has 0 fully saturated rings. The predicted octanol–water partition coefficient (Wildman–Crippen LogP) is 10.3. The van der Waals surface area contributed by atoms with Crippen molar-refractivity contribution in [2.45, 2.75) is 0 Å². The molecule has 2 nitrogen and oxygen atoms in total. The molecule has 0 aliphatic carbocycles. The fraction of sp³-hybridized carbons (Fsp3) is 0. The Labute approximate surface area is 226 Å². The van der Waals surface area contributed by atoms with Crippen LogP contribution in [0.4, 0.5) is 17.1 Å². The number of benzene rings is 5. The third-order valence-corrected chi connectivity index (χ3v) is 8.08. The summed E-state index contributed by atoms with van der Waals surface area (Å²) in [5.41, 5.74) is 8.26. The Morgan fingerprint density at radius 3 is 1.66 bits per heavy atom. The molecule has 0 saturated heterocycles. The van der Waals surface area contributed by atoms with Crippen LogP contribution in [0.5, 0.6) is 0 Å². The Balaban J connectivity index is 1.25. The molecule has 0 N–H and O–H groups in total. The number of thiophene rings is 1. The lowest BCUT2D eigenvalue weighted by Gasteiger charge is -2.26. The predicted molar refractivity (Wildman–Crippen MR) is 163 cm³/mol. The van der Waals surface area contributed by atoms with E-state index in [-0.39, 0.29) is 0 Å². The number of hydrogen-bond acceptors (Lipinski definition) is 3. The highest BCUT2D eigenvalue weighted by atomic mass is 32.1. The van der Waals surface area contributed by atoms with Gasteiger partial charge in [0.05, 0.1) is 4.70 Å². The Bertz CT molecular complexity index is 1840. The number of nitrogens with zero attached hydrogens (tertiary/aromatic N) is 2. The number of fused-ring (bicyclic) bond motifs is 3. The molecule has 180 valence electrons. The highest BCUT2D eigenvalue weighted by Crippen LogP contribution is 2.38. The number of hydrogen-bond donors (Lipinski definition) is 0. The second-order valence-corrected chi connectivity index (χ2v) is 10.4. The van der Waals surface area contributed by atoms with Gasteiger partial charge in [-0.1, -0.05) is 84.9 Å². The molecule has 0 aliphatic heterocycles. The van der Waals surface area contributed by atoms with Crippen molar-refractivity contribution in [2.75, 3.05) is 4.90 Å². The van der Waals surface area contributed by atoms with Crippen molar-refractivity contribution in [3.63, 3.8) is 0 Å². The van der Waals surface area contributed by atoms with E-state index in [0.29, 0.717) is 0 Å². The number of rotatable bonds is 5. The summed E-state index contributed by atoms with van der Waals surface area (Å²) in [5.74, 6) is 0. The summed E-state index contributed by atoms with van der Waals surface area (Å²) in [6, 6.07) is 47.6. The van der Waals surface area contributed by atoms with Crippen molar-refractivity contribution in [1.29, 1.82) is 0 Å². The van der Waals surface area contributed by atoms with Crippen molar-refractivity contribution in [3.8, 4) is 22.3 Å². The van der Waals surface area contributed by atoms with Gasteiger partial charge in [-0.3, -0.25) is 4.98 Å². The van der Waals surface area contributed by atoms with E-state index in [1.165, 1.54) is 42.4 Å². The molecule has 0 bridgehead atoms. The Morgan fingerprint density at radius 2 is 0.974 bits per heavy atom. The maximum absolute atomic E-state index is 4.29. The molecule has 7 aromatic rings. The minimum Gasteiger partial charge on any atom is -0.311 e. The van der Waals surface area contributed by atoms with Gasteiger partial charge < -0.3 is 4.90 Å². The first-order valence-corrected chi connectivity index (χ1v) is 13.5. The van der Waals surface area contributed by atoms with E-state index in [2.05, 4.69) is 143 Å². The summed E-state index contributed by atoms with van der Waals surface area (Å²) in [4.78, 5) is 6.60. The van der Waals surface area contributed by atoms with Crippen molar-refractivity contribution < 1.29 is 0 Å². The van der Waals surface area contributed by atoms with Gasteiger partial charge in [0.25, 0.3) is 0 Å². The molecule has 7 rings (SSSR count). The van der Waals surface area contributed by atoms with E-state index < -0.39 is 0 Å². The van der Waals surface area contributed by atoms with Crippen LogP contribution in [0.2, 0.25) is 0 Å². The first kappa shape index (κ1) is 22.5. The van der Waals surface area contributed by atoms with Crippen LogP contribution in [-0.4, -0.2) is 4.98 Å². The summed E-state index contributed by atoms with van der Waals surface area (Å²) < 4.78 is 2.52. The second-order valence-electron chi connectivity index (χ2n) is 9.32. The lowest BCUT2D eigenvalue weighted by molar-refractivity contribution is 1.28. The minimum absolute atomic E-state index is 1.13. The molecule has 2 aromatic heterocycles. The van der Waals surface area contributed by atoms with Gasteiger partial charge in [0.2, 0.25) is 0 Å². The average molecular weight is 505 g/mol. The van der Waals surface area contributed by atoms with E-state index >= 15 is 0 Å². The molecule has 0 saturated carbocycles. The van der Waals surface area contributed by atoms with Gasteiger partial charge in [-0.15, -0.1) is 11.3 Å². The highest BCUT2D eigenvalue weighted by molar-refractivity contribution is 7.25. The van der Waals surface area contributed by atoms with E-state index in [1.54, 1.807) is 11.3 Å². The van der Waals surface area contributed by atoms with Gasteiger partial charge >= 0.3 is 0 Å². The normalized spacial score (nSPS) is 11.2. The van der Waals surface area contributed by atoms with Crippen LogP contribution >= 0.6 is 11.3 Å². The first-order valence-electron chi connectivity index (χ1n) is 12.7. The molecule has 0 spiro atoms. The largest absolute Gasteiger partial charge is 0.311 e. The van der Waals surface area contributed by atoms with Crippen LogP contribution < -0.4 is 4.90 Å². The van der Waals surface area contributed by atoms with Crippen LogP contribution in [0.3, 0.4) is 0 Å². The standard InChI is InChI=1S/C35H24N2S/c1-3-7-25(8-4-1)26-11-16-30(17-12-26)37(29-9-5-2-6-10-29)31-18-13-27(14-19-31)28-15-20-32-33-21-22-36-24-35(33)38-34(32)23-28/h1-24H. The smallest absolute Gasteiger partial charge is 0.0538 e. The van der Waals surface area contributed by atoms with Gasteiger partial charge in [0, 0.05) is 44.9 Å². The number of pyridine rings is 1. The fourth-order valence-corrected chi connectivity index (χ4v) is 6.18. The van der Waals surface area contributed by atoms with Gasteiger partial charge in [-0.2, -0.15) is 0 Å². The van der Waals surface area contributed by atoms with Gasteiger partial charge in [-0.25, -0.2) is 0 Å². The molecule has 0 radical (unpaired) electrons. The van der Waals surface area contributed by atoms with E-state index in [1.807, 2.05) is 12.4 Å². The summed E-state index contributed by atoms with van der Waals surface area (Å²) in [5, 5.41) is 2.57. The van der Waals surface area contributed by atoms with Crippen LogP contribution in [0, 0.1) is 0 Å². The van der Waals surface area contributed by atoms with Gasteiger partial charge in [0.15, 0.2) is 0 Å². The molecule has 3 heteroatoms. The third-order valence-electron chi connectivity index (χ3n) is 6.98. The highest BCUT2D eigenvalue weighted by Gasteiger charge is 2.13. The molecule has 0 aliphatic rings. The molecule has 2 heterocycles. The summed E-state index contributed by atoms with van der Waals surface area (Å²) >= 11 is 1.80. The number of para-hydroxylation sites is 1. The molecule has 0 amide bonds. The van der Waals surface area contributed by atoms with E-state index in [0.717, 1.165) is 17.1 Å². The summed E-state index contributed by atoms with van der Waals surface area (Å²) in [7, 11) is 0. The van der Waals surface area contributed by atoms with Crippen LogP contribution in [0.25, 0.3) is 42.4 Å². The van der Waals surface area contributed by atoms with Crippen LogP contribution in [0.15, 0.2) is 146 Å². The van der Waals surface area contributed by atoms with Crippen molar-refractivity contribution in [3.05, 3.63) is 146 Å². The van der Waals surface area contributed by atoms with Crippen molar-refractivity contribution >= 4 is 48.6 Å². The number of anilines is 3. The Hall–Kier alpha value is -4.73. The molecule has 0 unspecified atom stereocenters. The summed E-state index contributed by atoms with van der Waals surface area (Å²) in [6.07, 6.45) is 3.83. The second kappa shape index (κ2) is 9.62.